The van der Waals surface area contributed by atoms with E-state index in [1.54, 1.807) is 30.3 Å². The Morgan fingerprint density at radius 3 is 2.67 bits per heavy atom. The number of halogens is 2. The minimum Gasteiger partial charge on any atom is -0.494 e. The van der Waals surface area contributed by atoms with Crippen LogP contribution in [-0.4, -0.2) is 17.7 Å². The third-order valence-electron chi connectivity index (χ3n) is 3.02. The average Bonchev–Trinajstić information content (AvgIpc) is 2.43. The van der Waals surface area contributed by atoms with E-state index in [4.69, 9.17) is 16.3 Å². The zero-order valence-electron chi connectivity index (χ0n) is 11.1. The van der Waals surface area contributed by atoms with E-state index in [2.05, 4.69) is 0 Å². The van der Waals surface area contributed by atoms with Crippen LogP contribution in [0.2, 0.25) is 5.02 Å². The van der Waals surface area contributed by atoms with Gasteiger partial charge in [-0.25, -0.2) is 4.39 Å². The van der Waals surface area contributed by atoms with Gasteiger partial charge in [0.2, 0.25) is 0 Å². The number of carboxylic acid groups (broad SMARTS) is 1. The molecule has 2 aromatic carbocycles. The van der Waals surface area contributed by atoms with Gasteiger partial charge in [0, 0.05) is 5.02 Å². The fourth-order valence-corrected chi connectivity index (χ4v) is 2.19. The van der Waals surface area contributed by atoms with Crippen molar-refractivity contribution in [3.8, 4) is 5.75 Å². The lowest BCUT2D eigenvalue weighted by molar-refractivity contribution is -0.139. The summed E-state index contributed by atoms with van der Waals surface area (Å²) in [5.74, 6) is -1.68. The molecule has 0 aliphatic rings. The molecule has 21 heavy (non-hydrogen) atoms. The third kappa shape index (κ3) is 4.46. The van der Waals surface area contributed by atoms with Crippen LogP contribution in [0, 0.1) is 5.82 Å². The van der Waals surface area contributed by atoms with Gasteiger partial charge in [0.05, 0.1) is 12.5 Å². The lowest BCUT2D eigenvalue weighted by Crippen LogP contribution is -2.15. The van der Waals surface area contributed by atoms with Gasteiger partial charge in [0.15, 0.2) is 0 Å². The van der Waals surface area contributed by atoms with Crippen molar-refractivity contribution < 1.29 is 19.0 Å². The largest absolute Gasteiger partial charge is 0.494 e. The molecule has 2 aromatic rings. The van der Waals surface area contributed by atoms with Crippen molar-refractivity contribution in [2.24, 2.45) is 0 Å². The van der Waals surface area contributed by atoms with E-state index in [0.717, 1.165) is 0 Å². The summed E-state index contributed by atoms with van der Waals surface area (Å²) in [7, 11) is 0. The molecule has 0 amide bonds. The maximum atomic E-state index is 13.2. The summed E-state index contributed by atoms with van der Waals surface area (Å²) in [5.41, 5.74) is 0.428. The van der Waals surface area contributed by atoms with Crippen LogP contribution in [0.15, 0.2) is 48.5 Å². The first-order valence-electron chi connectivity index (χ1n) is 6.43. The van der Waals surface area contributed by atoms with Crippen LogP contribution in [-0.2, 0) is 4.79 Å². The molecule has 1 atom stereocenters. The second-order valence-electron chi connectivity index (χ2n) is 4.54. The molecule has 5 heteroatoms. The van der Waals surface area contributed by atoms with Crippen molar-refractivity contribution in [3.05, 3.63) is 64.9 Å². The number of ether oxygens (including phenoxy) is 1. The molecule has 0 fully saturated rings. The molecule has 0 bridgehead atoms. The number of hydrogen-bond acceptors (Lipinski definition) is 2. The smallest absolute Gasteiger partial charge is 0.311 e. The maximum Gasteiger partial charge on any atom is 0.311 e. The topological polar surface area (TPSA) is 46.5 Å². The van der Waals surface area contributed by atoms with E-state index in [1.807, 2.05) is 0 Å². The van der Waals surface area contributed by atoms with E-state index < -0.39 is 17.7 Å². The van der Waals surface area contributed by atoms with Crippen molar-refractivity contribution >= 4 is 17.6 Å². The molecule has 1 N–H and O–H groups in total. The Kier molecular flexibility index (Phi) is 5.17. The normalized spacial score (nSPS) is 11.9. The lowest BCUT2D eigenvalue weighted by Gasteiger charge is -2.13. The molecule has 0 aliphatic heterocycles. The quantitative estimate of drug-likeness (QED) is 0.873. The van der Waals surface area contributed by atoms with Gasteiger partial charge in [-0.3, -0.25) is 4.79 Å². The molecule has 0 radical (unpaired) electrons. The number of aliphatic carboxylic acids is 1. The number of hydrogen-bond donors (Lipinski definition) is 1. The molecule has 0 saturated heterocycles. The number of carboxylic acids is 1. The van der Waals surface area contributed by atoms with Gasteiger partial charge >= 0.3 is 5.97 Å². The molecule has 0 heterocycles. The van der Waals surface area contributed by atoms with Gasteiger partial charge in [-0.1, -0.05) is 29.8 Å². The van der Waals surface area contributed by atoms with E-state index in [0.29, 0.717) is 16.3 Å². The number of carbonyl (C=O) groups is 1. The van der Waals surface area contributed by atoms with Crippen LogP contribution in [0.1, 0.15) is 17.9 Å². The van der Waals surface area contributed by atoms with E-state index in [9.17, 15) is 14.3 Å². The predicted octanol–water partition coefficient (Wildman–Crippen LogP) is 4.12. The molecule has 1 unspecified atom stereocenters. The van der Waals surface area contributed by atoms with Crippen LogP contribution >= 0.6 is 11.6 Å². The molecular formula is C16H14ClFO3. The summed E-state index contributed by atoms with van der Waals surface area (Å²) in [5, 5.41) is 9.81. The number of benzene rings is 2. The molecule has 0 saturated carbocycles. The first-order valence-corrected chi connectivity index (χ1v) is 6.80. The van der Waals surface area contributed by atoms with Crippen molar-refractivity contribution in [2.75, 3.05) is 6.61 Å². The highest BCUT2D eigenvalue weighted by Gasteiger charge is 2.20. The molecule has 2 rings (SSSR count). The van der Waals surface area contributed by atoms with Crippen LogP contribution in [0.3, 0.4) is 0 Å². The molecule has 0 spiro atoms. The first kappa shape index (κ1) is 15.3. The second-order valence-corrected chi connectivity index (χ2v) is 4.98. The van der Waals surface area contributed by atoms with Gasteiger partial charge < -0.3 is 9.84 Å². The molecule has 0 aliphatic carbocycles. The van der Waals surface area contributed by atoms with E-state index >= 15 is 0 Å². The minimum absolute atomic E-state index is 0.202. The Morgan fingerprint density at radius 1 is 1.24 bits per heavy atom. The minimum atomic E-state index is -1.00. The predicted molar refractivity (Wildman–Crippen MR) is 78.3 cm³/mol. The van der Waals surface area contributed by atoms with Gasteiger partial charge in [-0.05, 0) is 42.3 Å². The second kappa shape index (κ2) is 7.09. The highest BCUT2D eigenvalue weighted by Crippen LogP contribution is 2.22. The van der Waals surface area contributed by atoms with E-state index in [-0.39, 0.29) is 13.0 Å². The fourth-order valence-electron chi connectivity index (χ4n) is 2.01. The highest BCUT2D eigenvalue weighted by atomic mass is 35.5. The Labute approximate surface area is 126 Å². The summed E-state index contributed by atoms with van der Waals surface area (Å²) in [4.78, 5) is 11.3. The fraction of sp³-hybridized carbons (Fsp3) is 0.188. The first-order chi connectivity index (χ1) is 10.1. The lowest BCUT2D eigenvalue weighted by atomic mass is 9.96. The molecular weight excluding hydrogens is 295 g/mol. The van der Waals surface area contributed by atoms with Crippen molar-refractivity contribution in [2.45, 2.75) is 12.3 Å². The molecule has 3 nitrogen and oxygen atoms in total. The SMILES string of the molecule is O=C(O)C(CCOc1cccc(Cl)c1)c1cccc(F)c1. The summed E-state index contributed by atoms with van der Waals surface area (Å²) >= 11 is 5.83. The van der Waals surface area contributed by atoms with Crippen LogP contribution in [0.4, 0.5) is 4.39 Å². The summed E-state index contributed by atoms with van der Waals surface area (Å²) in [6.07, 6.45) is 0.241. The van der Waals surface area contributed by atoms with Gasteiger partial charge in [-0.15, -0.1) is 0 Å². The van der Waals surface area contributed by atoms with Gasteiger partial charge in [0.25, 0.3) is 0 Å². The average molecular weight is 309 g/mol. The molecule has 0 aromatic heterocycles. The summed E-state index contributed by atoms with van der Waals surface area (Å²) in [6, 6.07) is 12.5. The molecule has 110 valence electrons. The third-order valence-corrected chi connectivity index (χ3v) is 3.26. The maximum absolute atomic E-state index is 13.2. The standard InChI is InChI=1S/C16H14ClFO3/c17-12-4-2-6-14(10-12)21-8-7-15(16(19)20)11-3-1-5-13(18)9-11/h1-6,9-10,15H,7-8H2,(H,19,20). The van der Waals surface area contributed by atoms with Gasteiger partial charge in [0.1, 0.15) is 11.6 Å². The summed E-state index contributed by atoms with van der Waals surface area (Å²) < 4.78 is 18.7. The van der Waals surface area contributed by atoms with Gasteiger partial charge in [-0.2, -0.15) is 0 Å². The Morgan fingerprint density at radius 2 is 2.00 bits per heavy atom. The Hall–Kier alpha value is -2.07. The monoisotopic (exact) mass is 308 g/mol. The van der Waals surface area contributed by atoms with Crippen LogP contribution < -0.4 is 4.74 Å². The highest BCUT2D eigenvalue weighted by molar-refractivity contribution is 6.30. The summed E-state index contributed by atoms with van der Waals surface area (Å²) in [6.45, 7) is 0.202. The van der Waals surface area contributed by atoms with Crippen molar-refractivity contribution in [1.82, 2.24) is 0 Å². The van der Waals surface area contributed by atoms with Crippen molar-refractivity contribution in [1.29, 1.82) is 0 Å². The Balaban J connectivity index is 1.99. The van der Waals surface area contributed by atoms with Crippen LogP contribution in [0.5, 0.6) is 5.75 Å². The Bertz CT molecular complexity index is 630. The van der Waals surface area contributed by atoms with Crippen molar-refractivity contribution in [3.63, 3.8) is 0 Å². The zero-order chi connectivity index (χ0) is 15.2. The van der Waals surface area contributed by atoms with E-state index in [1.165, 1.54) is 18.2 Å². The number of rotatable bonds is 6. The van der Waals surface area contributed by atoms with Crippen LogP contribution in [0.25, 0.3) is 0 Å². The zero-order valence-corrected chi connectivity index (χ0v) is 11.9.